The van der Waals surface area contributed by atoms with Crippen molar-refractivity contribution in [1.82, 2.24) is 0 Å². The second-order valence-corrected chi connectivity index (χ2v) is 8.25. The summed E-state index contributed by atoms with van der Waals surface area (Å²) in [5.41, 5.74) is 0.0530. The molecule has 2 aromatic carbocycles. The SMILES string of the molecule is CCOc1ccc(Cc2cc(C34OC[C@](CO)(O3)[C@H](O)[C@H](O)[C@@H]4O)ccc2Cl)cc1F. The van der Waals surface area contributed by atoms with Crippen LogP contribution < -0.4 is 4.74 Å². The van der Waals surface area contributed by atoms with Gasteiger partial charge in [0, 0.05) is 10.6 Å². The van der Waals surface area contributed by atoms with E-state index in [0.717, 1.165) is 0 Å². The topological polar surface area (TPSA) is 109 Å². The molecule has 31 heavy (non-hydrogen) atoms. The van der Waals surface area contributed by atoms with Gasteiger partial charge >= 0.3 is 0 Å². The molecule has 0 amide bonds. The number of hydrogen-bond donors (Lipinski definition) is 4. The van der Waals surface area contributed by atoms with Crippen molar-refractivity contribution in [3.05, 3.63) is 63.9 Å². The lowest BCUT2D eigenvalue weighted by Gasteiger charge is -2.46. The van der Waals surface area contributed by atoms with Crippen molar-refractivity contribution in [1.29, 1.82) is 0 Å². The van der Waals surface area contributed by atoms with E-state index < -0.39 is 42.1 Å². The van der Waals surface area contributed by atoms with E-state index in [1.165, 1.54) is 6.07 Å². The average Bonchev–Trinajstić information content (AvgIpc) is 3.15. The Hall–Kier alpha value is -1.78. The molecule has 1 unspecified atom stereocenters. The van der Waals surface area contributed by atoms with Crippen molar-refractivity contribution in [3.8, 4) is 5.75 Å². The fourth-order valence-electron chi connectivity index (χ4n) is 4.15. The van der Waals surface area contributed by atoms with Crippen molar-refractivity contribution in [2.24, 2.45) is 0 Å². The highest BCUT2D eigenvalue weighted by Gasteiger charge is 2.67. The zero-order chi connectivity index (χ0) is 22.4. The molecule has 0 radical (unpaired) electrons. The van der Waals surface area contributed by atoms with Crippen molar-refractivity contribution < 1.29 is 39.0 Å². The molecule has 2 bridgehead atoms. The summed E-state index contributed by atoms with van der Waals surface area (Å²) in [7, 11) is 0. The Labute approximate surface area is 183 Å². The maximum absolute atomic E-state index is 14.2. The van der Waals surface area contributed by atoms with Gasteiger partial charge in [-0.3, -0.25) is 0 Å². The molecule has 0 spiro atoms. The second-order valence-electron chi connectivity index (χ2n) is 7.84. The second kappa shape index (κ2) is 8.29. The Bertz CT molecular complexity index is 973. The quantitative estimate of drug-likeness (QED) is 0.523. The fraction of sp³-hybridized carbons (Fsp3) is 0.455. The van der Waals surface area contributed by atoms with Crippen LogP contribution in [0.3, 0.4) is 0 Å². The van der Waals surface area contributed by atoms with Crippen LogP contribution in [-0.4, -0.2) is 64.2 Å². The fourth-order valence-corrected chi connectivity index (χ4v) is 4.33. The maximum Gasteiger partial charge on any atom is 0.225 e. The third kappa shape index (κ3) is 3.62. The van der Waals surface area contributed by atoms with E-state index in [2.05, 4.69) is 0 Å². The number of ether oxygens (including phenoxy) is 3. The van der Waals surface area contributed by atoms with Crippen LogP contribution in [0.15, 0.2) is 36.4 Å². The van der Waals surface area contributed by atoms with E-state index in [0.29, 0.717) is 28.3 Å². The van der Waals surface area contributed by atoms with Crippen molar-refractivity contribution in [2.75, 3.05) is 19.8 Å². The van der Waals surface area contributed by atoms with Gasteiger partial charge in [-0.15, -0.1) is 0 Å². The molecule has 2 fully saturated rings. The molecule has 168 valence electrons. The minimum Gasteiger partial charge on any atom is -0.491 e. The van der Waals surface area contributed by atoms with Crippen LogP contribution >= 0.6 is 11.6 Å². The molecule has 4 rings (SSSR count). The summed E-state index contributed by atoms with van der Waals surface area (Å²) < 4.78 is 31.0. The number of aliphatic hydroxyl groups is 4. The summed E-state index contributed by atoms with van der Waals surface area (Å²) in [5.74, 6) is -2.11. The molecule has 5 atom stereocenters. The van der Waals surface area contributed by atoms with E-state index in [1.54, 1.807) is 37.3 Å². The predicted octanol–water partition coefficient (Wildman–Crippen LogP) is 1.50. The number of fused-ring (bicyclic) bond motifs is 2. The monoisotopic (exact) mass is 454 g/mol. The number of rotatable bonds is 6. The molecular weight excluding hydrogens is 431 g/mol. The first kappa shape index (κ1) is 22.4. The van der Waals surface area contributed by atoms with Gasteiger partial charge in [-0.1, -0.05) is 23.7 Å². The van der Waals surface area contributed by atoms with Gasteiger partial charge in [-0.2, -0.15) is 0 Å². The van der Waals surface area contributed by atoms with Gasteiger partial charge in [0.1, 0.15) is 23.9 Å². The summed E-state index contributed by atoms with van der Waals surface area (Å²) in [6.07, 6.45) is -4.45. The first-order valence-corrected chi connectivity index (χ1v) is 10.3. The van der Waals surface area contributed by atoms with Gasteiger partial charge in [-0.05, 0) is 48.7 Å². The van der Waals surface area contributed by atoms with Crippen molar-refractivity contribution in [2.45, 2.75) is 43.0 Å². The first-order valence-electron chi connectivity index (χ1n) is 9.95. The average molecular weight is 455 g/mol. The number of hydrogen-bond acceptors (Lipinski definition) is 7. The Kier molecular flexibility index (Phi) is 5.99. The van der Waals surface area contributed by atoms with Gasteiger partial charge in [0.25, 0.3) is 0 Å². The zero-order valence-corrected chi connectivity index (χ0v) is 17.6. The summed E-state index contributed by atoms with van der Waals surface area (Å²) in [6.45, 7) is 1.29. The minimum absolute atomic E-state index is 0.163. The molecule has 2 aliphatic heterocycles. The minimum atomic E-state index is -1.79. The third-order valence-electron chi connectivity index (χ3n) is 5.87. The van der Waals surface area contributed by atoms with E-state index in [1.807, 2.05) is 0 Å². The molecule has 0 aliphatic carbocycles. The van der Waals surface area contributed by atoms with Gasteiger partial charge in [-0.25, -0.2) is 4.39 Å². The predicted molar refractivity (Wildman–Crippen MR) is 108 cm³/mol. The number of aliphatic hydroxyl groups excluding tert-OH is 4. The van der Waals surface area contributed by atoms with Crippen LogP contribution in [0.1, 0.15) is 23.6 Å². The first-order chi connectivity index (χ1) is 14.8. The normalized spacial score (nSPS) is 32.3. The maximum atomic E-state index is 14.2. The van der Waals surface area contributed by atoms with E-state index in [9.17, 15) is 24.8 Å². The van der Waals surface area contributed by atoms with Crippen molar-refractivity contribution >= 4 is 11.6 Å². The van der Waals surface area contributed by atoms with Crippen LogP contribution in [0.2, 0.25) is 5.02 Å². The van der Waals surface area contributed by atoms with Crippen LogP contribution in [0.5, 0.6) is 5.75 Å². The van der Waals surface area contributed by atoms with Gasteiger partial charge < -0.3 is 34.6 Å². The Morgan fingerprint density at radius 2 is 1.94 bits per heavy atom. The van der Waals surface area contributed by atoms with Gasteiger partial charge in [0.05, 0.1) is 19.8 Å². The van der Waals surface area contributed by atoms with E-state index in [4.69, 9.17) is 25.8 Å². The summed E-state index contributed by atoms with van der Waals surface area (Å²) in [4.78, 5) is 0. The number of benzene rings is 2. The lowest BCUT2D eigenvalue weighted by molar-refractivity contribution is -0.329. The standard InChI is InChI=1S/C22H24ClFO7/c1-2-29-17-6-3-12(8-16(17)24)7-13-9-14(4-5-15(13)23)22-20(28)18(26)19(27)21(10-25,31-22)11-30-22/h3-6,8-9,18-20,25-28H,2,7,10-11H2,1H3/t18-,19+,20-,21-,22?/m0/s1. The highest BCUT2D eigenvalue weighted by atomic mass is 35.5. The third-order valence-corrected chi connectivity index (χ3v) is 6.24. The molecule has 0 saturated carbocycles. The van der Waals surface area contributed by atoms with Crippen molar-refractivity contribution in [3.63, 3.8) is 0 Å². The summed E-state index contributed by atoms with van der Waals surface area (Å²) >= 11 is 6.36. The Balaban J connectivity index is 1.68. The molecule has 4 N–H and O–H groups in total. The molecule has 0 aromatic heterocycles. The van der Waals surface area contributed by atoms with E-state index >= 15 is 0 Å². The molecule has 2 heterocycles. The highest BCUT2D eigenvalue weighted by molar-refractivity contribution is 6.31. The molecule has 2 aliphatic rings. The zero-order valence-electron chi connectivity index (χ0n) is 16.8. The van der Waals surface area contributed by atoms with Gasteiger partial charge in [0.2, 0.25) is 5.79 Å². The number of halogens is 2. The van der Waals surface area contributed by atoms with Crippen LogP contribution in [0, 0.1) is 5.82 Å². The smallest absolute Gasteiger partial charge is 0.225 e. The van der Waals surface area contributed by atoms with Gasteiger partial charge in [0.15, 0.2) is 11.6 Å². The summed E-state index contributed by atoms with van der Waals surface area (Å²) in [6, 6.07) is 9.43. The van der Waals surface area contributed by atoms with Crippen LogP contribution in [-0.2, 0) is 21.7 Å². The Morgan fingerprint density at radius 1 is 1.16 bits per heavy atom. The molecule has 2 aromatic rings. The molecule has 2 saturated heterocycles. The van der Waals surface area contributed by atoms with Crippen LogP contribution in [0.4, 0.5) is 4.39 Å². The molecule has 9 heteroatoms. The van der Waals surface area contributed by atoms with Crippen LogP contribution in [0.25, 0.3) is 0 Å². The highest BCUT2D eigenvalue weighted by Crippen LogP contribution is 2.49. The largest absolute Gasteiger partial charge is 0.491 e. The molecule has 7 nitrogen and oxygen atoms in total. The Morgan fingerprint density at radius 3 is 2.61 bits per heavy atom. The summed E-state index contributed by atoms with van der Waals surface area (Å²) in [5, 5.41) is 41.5. The van der Waals surface area contributed by atoms with E-state index in [-0.39, 0.29) is 18.8 Å². The molecular formula is C22H24ClFO7. The lowest BCUT2D eigenvalue weighted by Crippen LogP contribution is -2.65. The lowest BCUT2D eigenvalue weighted by atomic mass is 9.83.